The number of aromatic carboxylic acids is 1. The summed E-state index contributed by atoms with van der Waals surface area (Å²) < 4.78 is 8.56. The third-order valence-corrected chi connectivity index (χ3v) is 4.92. The van der Waals surface area contributed by atoms with Crippen LogP contribution in [0.1, 0.15) is 46.8 Å². The Balaban J connectivity index is 2.23. The first-order valence-corrected chi connectivity index (χ1v) is 9.60. The van der Waals surface area contributed by atoms with Gasteiger partial charge in [-0.15, -0.1) is 0 Å². The molecule has 1 aromatic carbocycles. The molecule has 0 spiro atoms. The summed E-state index contributed by atoms with van der Waals surface area (Å²) in [6.07, 6.45) is 1.19. The summed E-state index contributed by atoms with van der Waals surface area (Å²) >= 11 is 0. The number of carbonyl (C=O) groups excluding carboxylic acids is 1. The fourth-order valence-electron chi connectivity index (χ4n) is 3.46. The van der Waals surface area contributed by atoms with E-state index >= 15 is 0 Å². The zero-order valence-corrected chi connectivity index (χ0v) is 16.8. The molecule has 0 saturated heterocycles. The fourth-order valence-corrected chi connectivity index (χ4v) is 3.46. The third-order valence-electron chi connectivity index (χ3n) is 4.92. The van der Waals surface area contributed by atoms with E-state index < -0.39 is 11.5 Å². The van der Waals surface area contributed by atoms with E-state index in [1.54, 1.807) is 37.4 Å². The van der Waals surface area contributed by atoms with Crippen molar-refractivity contribution in [3.05, 3.63) is 63.7 Å². The molecule has 0 aliphatic carbocycles. The van der Waals surface area contributed by atoms with Gasteiger partial charge >= 0.3 is 5.97 Å². The van der Waals surface area contributed by atoms with Gasteiger partial charge in [0.25, 0.3) is 5.56 Å². The quantitative estimate of drug-likeness (QED) is 0.590. The van der Waals surface area contributed by atoms with Gasteiger partial charge in [0.2, 0.25) is 0 Å². The molecule has 0 atom stereocenters. The average Bonchev–Trinajstić information content (AvgIpc) is 3.00. The van der Waals surface area contributed by atoms with Crippen LogP contribution >= 0.6 is 0 Å². The maximum Gasteiger partial charge on any atom is 0.356 e. The maximum absolute atomic E-state index is 13.4. The van der Waals surface area contributed by atoms with Crippen LogP contribution < -0.4 is 10.3 Å². The van der Waals surface area contributed by atoms with Crippen molar-refractivity contribution in [2.24, 2.45) is 7.05 Å². The Bertz CT molecular complexity index is 1130. The predicted molar refractivity (Wildman–Crippen MR) is 110 cm³/mol. The van der Waals surface area contributed by atoms with Gasteiger partial charge < -0.3 is 19.0 Å². The summed E-state index contributed by atoms with van der Waals surface area (Å²) in [5.74, 6) is -1.29. The number of carbonyl (C=O) groups is 2. The first-order chi connectivity index (χ1) is 13.9. The van der Waals surface area contributed by atoms with Gasteiger partial charge in [-0.05, 0) is 18.9 Å². The monoisotopic (exact) mass is 396 g/mol. The number of fused-ring (bicyclic) bond motifs is 1. The van der Waals surface area contributed by atoms with Gasteiger partial charge in [0.15, 0.2) is 17.2 Å². The molecule has 0 unspecified atom stereocenters. The molecule has 0 bridgehead atoms. The number of aromatic nitrogens is 2. The third kappa shape index (κ3) is 3.68. The molecule has 0 aliphatic heterocycles. The molecule has 0 amide bonds. The Labute approximate surface area is 168 Å². The summed E-state index contributed by atoms with van der Waals surface area (Å²) in [5.41, 5.74) is 1.17. The number of benzene rings is 1. The zero-order chi connectivity index (χ0) is 21.1. The lowest BCUT2D eigenvalue weighted by atomic mass is 10.1. The maximum atomic E-state index is 13.4. The summed E-state index contributed by atoms with van der Waals surface area (Å²) in [6.45, 7) is 3.96. The van der Waals surface area contributed by atoms with E-state index in [2.05, 4.69) is 0 Å². The van der Waals surface area contributed by atoms with Crippen molar-refractivity contribution in [3.8, 4) is 5.75 Å². The molecule has 0 saturated carbocycles. The van der Waals surface area contributed by atoms with Crippen LogP contribution in [0.5, 0.6) is 5.75 Å². The van der Waals surface area contributed by atoms with E-state index in [0.717, 1.165) is 0 Å². The Morgan fingerprint density at radius 1 is 1.14 bits per heavy atom. The second-order valence-electron chi connectivity index (χ2n) is 6.82. The van der Waals surface area contributed by atoms with Crippen LogP contribution in [0.3, 0.4) is 0 Å². The highest BCUT2D eigenvalue weighted by Gasteiger charge is 2.26. The van der Waals surface area contributed by atoms with Crippen molar-refractivity contribution in [2.45, 2.75) is 33.2 Å². The van der Waals surface area contributed by atoms with Crippen molar-refractivity contribution in [1.29, 1.82) is 0 Å². The molecule has 0 fully saturated rings. The van der Waals surface area contributed by atoms with E-state index in [4.69, 9.17) is 4.74 Å². The molecule has 0 radical (unpaired) electrons. The highest BCUT2D eigenvalue weighted by Crippen LogP contribution is 2.31. The lowest BCUT2D eigenvalue weighted by Gasteiger charge is -2.12. The van der Waals surface area contributed by atoms with Crippen LogP contribution in [0, 0.1) is 0 Å². The van der Waals surface area contributed by atoms with E-state index in [0.29, 0.717) is 29.6 Å². The topological polar surface area (TPSA) is 90.5 Å². The number of pyridine rings is 1. The second-order valence-corrected chi connectivity index (χ2v) is 6.82. The molecule has 29 heavy (non-hydrogen) atoms. The second kappa shape index (κ2) is 8.34. The Kier molecular flexibility index (Phi) is 5.87. The molecular weight excluding hydrogens is 372 g/mol. The SMILES string of the molecule is CCCOc1c(C(=O)O)n(C)c2cc(CC)n(CC(=O)c3ccccc3)c(=O)c12. The van der Waals surface area contributed by atoms with Gasteiger partial charge in [-0.3, -0.25) is 9.59 Å². The van der Waals surface area contributed by atoms with E-state index in [1.807, 2.05) is 19.9 Å². The van der Waals surface area contributed by atoms with Gasteiger partial charge in [0, 0.05) is 18.3 Å². The molecule has 2 heterocycles. The first-order valence-electron chi connectivity index (χ1n) is 9.60. The lowest BCUT2D eigenvalue weighted by molar-refractivity contribution is 0.0682. The van der Waals surface area contributed by atoms with Crippen LogP contribution in [0.2, 0.25) is 0 Å². The standard InChI is InChI=1S/C22H24N2O5/c1-4-11-29-20-18-16(23(3)19(20)22(27)28)12-15(5-2)24(21(18)26)13-17(25)14-9-7-6-8-10-14/h6-10,12H,4-5,11,13H2,1-3H3,(H,27,28). The Morgan fingerprint density at radius 3 is 2.41 bits per heavy atom. The van der Waals surface area contributed by atoms with Crippen molar-refractivity contribution in [2.75, 3.05) is 6.61 Å². The van der Waals surface area contributed by atoms with Crippen molar-refractivity contribution in [3.63, 3.8) is 0 Å². The number of hydrogen-bond acceptors (Lipinski definition) is 4. The molecule has 0 aliphatic rings. The number of nitrogens with zero attached hydrogens (tertiary/aromatic N) is 2. The van der Waals surface area contributed by atoms with E-state index in [-0.39, 0.29) is 35.8 Å². The highest BCUT2D eigenvalue weighted by atomic mass is 16.5. The molecular formula is C22H24N2O5. The molecule has 3 rings (SSSR count). The van der Waals surface area contributed by atoms with Crippen LogP contribution in [-0.2, 0) is 20.0 Å². The summed E-state index contributed by atoms with van der Waals surface area (Å²) in [4.78, 5) is 37.9. The fraction of sp³-hybridized carbons (Fsp3) is 0.318. The number of ether oxygens (including phenoxy) is 1. The largest absolute Gasteiger partial charge is 0.490 e. The van der Waals surface area contributed by atoms with Crippen LogP contribution in [-0.4, -0.2) is 32.6 Å². The van der Waals surface area contributed by atoms with Crippen molar-refractivity contribution < 1.29 is 19.4 Å². The van der Waals surface area contributed by atoms with Crippen LogP contribution in [0.15, 0.2) is 41.2 Å². The smallest absolute Gasteiger partial charge is 0.356 e. The minimum atomic E-state index is -1.17. The van der Waals surface area contributed by atoms with Gasteiger partial charge in [0.1, 0.15) is 5.39 Å². The molecule has 152 valence electrons. The molecule has 7 nitrogen and oxygen atoms in total. The normalized spacial score (nSPS) is 11.0. The molecule has 1 N–H and O–H groups in total. The number of hydrogen-bond donors (Lipinski definition) is 1. The number of carboxylic acid groups (broad SMARTS) is 1. The average molecular weight is 396 g/mol. The van der Waals surface area contributed by atoms with Crippen LogP contribution in [0.25, 0.3) is 10.9 Å². The summed E-state index contributed by atoms with van der Waals surface area (Å²) in [6, 6.07) is 10.5. The summed E-state index contributed by atoms with van der Waals surface area (Å²) in [5, 5.41) is 9.85. The molecule has 7 heteroatoms. The minimum Gasteiger partial charge on any atom is -0.490 e. The number of aryl methyl sites for hydroxylation is 2. The Hall–Kier alpha value is -3.35. The van der Waals surface area contributed by atoms with Gasteiger partial charge in [-0.1, -0.05) is 44.2 Å². The van der Waals surface area contributed by atoms with Crippen LogP contribution in [0.4, 0.5) is 0 Å². The van der Waals surface area contributed by atoms with E-state index in [9.17, 15) is 19.5 Å². The number of ketones is 1. The number of carboxylic acids is 1. The lowest BCUT2D eigenvalue weighted by Crippen LogP contribution is -2.27. The first kappa shape index (κ1) is 20.4. The highest BCUT2D eigenvalue weighted by molar-refractivity contribution is 6.01. The van der Waals surface area contributed by atoms with Gasteiger partial charge in [-0.25, -0.2) is 4.79 Å². The number of Topliss-reactive ketones (excluding diaryl/α,β-unsaturated/α-hetero) is 1. The summed E-state index contributed by atoms with van der Waals surface area (Å²) in [7, 11) is 1.60. The number of rotatable bonds is 8. The molecule has 2 aromatic heterocycles. The predicted octanol–water partition coefficient (Wildman–Crippen LogP) is 3.27. The van der Waals surface area contributed by atoms with Crippen molar-refractivity contribution in [1.82, 2.24) is 9.13 Å². The molecule has 3 aromatic rings. The zero-order valence-electron chi connectivity index (χ0n) is 16.8. The van der Waals surface area contributed by atoms with Crippen molar-refractivity contribution >= 4 is 22.7 Å². The van der Waals surface area contributed by atoms with Gasteiger partial charge in [-0.2, -0.15) is 0 Å². The minimum absolute atomic E-state index is 0.0606. The van der Waals surface area contributed by atoms with E-state index in [1.165, 1.54) is 9.13 Å². The van der Waals surface area contributed by atoms with Gasteiger partial charge in [0.05, 0.1) is 18.7 Å². The Morgan fingerprint density at radius 2 is 1.83 bits per heavy atom.